The molecule has 0 unspecified atom stereocenters. The Morgan fingerprint density at radius 2 is 1.68 bits per heavy atom. The molecular formula is C21H26N4O5S. The van der Waals surface area contributed by atoms with Gasteiger partial charge in [0.05, 0.1) is 9.82 Å². The maximum absolute atomic E-state index is 12.8. The van der Waals surface area contributed by atoms with Crippen LogP contribution in [0.1, 0.15) is 18.9 Å². The first kappa shape index (κ1) is 22.7. The standard InChI is InChI=1S/C21H26N4O5S/c1-17(7-8-18-5-3-2-4-6-18)22-21(26)23-13-15-24(16-14-23)31(29,30)20-11-9-19(10-12-20)25(27)28/h2-6,9-12,17H,7-8,13-16H2,1H3,(H,22,26)/t17-/m0/s1. The van der Waals surface area contributed by atoms with Crippen molar-refractivity contribution >= 4 is 21.7 Å². The van der Waals surface area contributed by atoms with Gasteiger partial charge in [-0.3, -0.25) is 10.1 Å². The Hall–Kier alpha value is -2.98. The largest absolute Gasteiger partial charge is 0.336 e. The molecule has 1 saturated heterocycles. The van der Waals surface area contributed by atoms with Gasteiger partial charge in [-0.15, -0.1) is 0 Å². The Morgan fingerprint density at radius 3 is 2.26 bits per heavy atom. The Labute approximate surface area is 181 Å². The minimum absolute atomic E-state index is 0.00502. The number of non-ortho nitro benzene ring substituents is 1. The van der Waals surface area contributed by atoms with E-state index in [0.29, 0.717) is 0 Å². The lowest BCUT2D eigenvalue weighted by atomic mass is 10.1. The maximum atomic E-state index is 12.8. The summed E-state index contributed by atoms with van der Waals surface area (Å²) in [6, 6.07) is 14.7. The molecule has 2 amide bonds. The number of carbonyl (C=O) groups excluding carboxylic acids is 1. The molecule has 0 aliphatic carbocycles. The lowest BCUT2D eigenvalue weighted by molar-refractivity contribution is -0.384. The Bertz CT molecular complexity index is 1000. The summed E-state index contributed by atoms with van der Waals surface area (Å²) in [5.74, 6) is 0. The lowest BCUT2D eigenvalue weighted by Gasteiger charge is -2.34. The number of nitrogens with one attached hydrogen (secondary N) is 1. The van der Waals surface area contributed by atoms with E-state index in [1.165, 1.54) is 34.1 Å². The molecule has 3 rings (SSSR count). The van der Waals surface area contributed by atoms with Crippen molar-refractivity contribution in [3.63, 3.8) is 0 Å². The molecule has 1 fully saturated rings. The van der Waals surface area contributed by atoms with Gasteiger partial charge in [0.25, 0.3) is 5.69 Å². The van der Waals surface area contributed by atoms with E-state index < -0.39 is 14.9 Å². The topological polar surface area (TPSA) is 113 Å². The quantitative estimate of drug-likeness (QED) is 0.519. The first-order valence-electron chi connectivity index (χ1n) is 10.1. The minimum Gasteiger partial charge on any atom is -0.336 e. The van der Waals surface area contributed by atoms with Gasteiger partial charge in [-0.1, -0.05) is 30.3 Å². The molecule has 0 spiro atoms. The molecule has 1 aliphatic rings. The molecule has 0 radical (unpaired) electrons. The third kappa shape index (κ3) is 5.80. The second-order valence-corrected chi connectivity index (χ2v) is 9.45. The average Bonchev–Trinajstić information content (AvgIpc) is 2.78. The van der Waals surface area contributed by atoms with Crippen LogP contribution >= 0.6 is 0 Å². The summed E-state index contributed by atoms with van der Waals surface area (Å²) in [5, 5.41) is 13.7. The third-order valence-electron chi connectivity index (χ3n) is 5.29. The molecular weight excluding hydrogens is 420 g/mol. The normalized spacial score (nSPS) is 16.0. The van der Waals surface area contributed by atoms with E-state index in [-0.39, 0.29) is 48.8 Å². The highest BCUT2D eigenvalue weighted by Crippen LogP contribution is 2.21. The second kappa shape index (κ2) is 9.88. The number of sulfonamides is 1. The van der Waals surface area contributed by atoms with Crippen molar-refractivity contribution in [2.24, 2.45) is 0 Å². The predicted octanol–water partition coefficient (Wildman–Crippen LogP) is 2.63. The molecule has 10 heteroatoms. The van der Waals surface area contributed by atoms with Crippen molar-refractivity contribution in [1.29, 1.82) is 0 Å². The van der Waals surface area contributed by atoms with E-state index in [2.05, 4.69) is 17.4 Å². The zero-order valence-electron chi connectivity index (χ0n) is 17.3. The van der Waals surface area contributed by atoms with Crippen LogP contribution in [0.15, 0.2) is 59.5 Å². The number of urea groups is 1. The zero-order chi connectivity index (χ0) is 22.4. The van der Waals surface area contributed by atoms with Crippen LogP contribution in [-0.4, -0.2) is 60.8 Å². The van der Waals surface area contributed by atoms with E-state index in [9.17, 15) is 23.3 Å². The van der Waals surface area contributed by atoms with Crippen LogP contribution < -0.4 is 5.32 Å². The van der Waals surface area contributed by atoms with Gasteiger partial charge in [-0.25, -0.2) is 13.2 Å². The van der Waals surface area contributed by atoms with E-state index in [0.717, 1.165) is 12.8 Å². The van der Waals surface area contributed by atoms with Gasteiger partial charge < -0.3 is 10.2 Å². The molecule has 31 heavy (non-hydrogen) atoms. The fourth-order valence-electron chi connectivity index (χ4n) is 3.42. The van der Waals surface area contributed by atoms with Crippen molar-refractivity contribution in [2.45, 2.75) is 30.7 Å². The number of carbonyl (C=O) groups is 1. The summed E-state index contributed by atoms with van der Waals surface area (Å²) >= 11 is 0. The lowest BCUT2D eigenvalue weighted by Crippen LogP contribution is -2.54. The summed E-state index contributed by atoms with van der Waals surface area (Å²) in [7, 11) is -3.76. The van der Waals surface area contributed by atoms with Crippen LogP contribution in [0.2, 0.25) is 0 Å². The molecule has 1 N–H and O–H groups in total. The number of piperazine rings is 1. The van der Waals surface area contributed by atoms with Crippen molar-refractivity contribution in [2.75, 3.05) is 26.2 Å². The van der Waals surface area contributed by atoms with Crippen LogP contribution in [0.25, 0.3) is 0 Å². The first-order chi connectivity index (χ1) is 14.8. The number of hydrogen-bond donors (Lipinski definition) is 1. The van der Waals surface area contributed by atoms with Gasteiger partial charge in [0, 0.05) is 44.4 Å². The van der Waals surface area contributed by atoms with Gasteiger partial charge in [0.15, 0.2) is 0 Å². The van der Waals surface area contributed by atoms with E-state index in [4.69, 9.17) is 0 Å². The van der Waals surface area contributed by atoms with E-state index >= 15 is 0 Å². The van der Waals surface area contributed by atoms with Gasteiger partial charge >= 0.3 is 6.03 Å². The van der Waals surface area contributed by atoms with Crippen LogP contribution in [-0.2, 0) is 16.4 Å². The molecule has 166 valence electrons. The van der Waals surface area contributed by atoms with E-state index in [1.54, 1.807) is 4.90 Å². The number of benzene rings is 2. The Kier molecular flexibility index (Phi) is 7.24. The maximum Gasteiger partial charge on any atom is 0.317 e. The number of hydrogen-bond acceptors (Lipinski definition) is 5. The number of rotatable bonds is 7. The number of nitro benzene ring substituents is 1. The molecule has 1 heterocycles. The zero-order valence-corrected chi connectivity index (χ0v) is 18.1. The highest BCUT2D eigenvalue weighted by atomic mass is 32.2. The SMILES string of the molecule is C[C@@H](CCc1ccccc1)NC(=O)N1CCN(S(=O)(=O)c2ccc([N+](=O)[O-])cc2)CC1. The van der Waals surface area contributed by atoms with Crippen LogP contribution in [0.4, 0.5) is 10.5 Å². The van der Waals surface area contributed by atoms with Crippen molar-refractivity contribution in [3.8, 4) is 0 Å². The molecule has 1 aliphatic heterocycles. The average molecular weight is 447 g/mol. The first-order valence-corrected chi connectivity index (χ1v) is 11.6. The third-order valence-corrected chi connectivity index (χ3v) is 7.20. The number of amides is 2. The fourth-order valence-corrected chi connectivity index (χ4v) is 4.84. The molecule has 0 aromatic heterocycles. The monoisotopic (exact) mass is 446 g/mol. The molecule has 0 bridgehead atoms. The summed E-state index contributed by atoms with van der Waals surface area (Å²) < 4.78 is 26.9. The summed E-state index contributed by atoms with van der Waals surface area (Å²) in [6.07, 6.45) is 1.67. The predicted molar refractivity (Wildman–Crippen MR) is 116 cm³/mol. The van der Waals surface area contributed by atoms with Gasteiger partial charge in [-0.05, 0) is 37.5 Å². The Balaban J connectivity index is 1.50. The molecule has 2 aromatic rings. The van der Waals surface area contributed by atoms with Crippen molar-refractivity contribution in [1.82, 2.24) is 14.5 Å². The molecule has 2 aromatic carbocycles. The summed E-state index contributed by atoms with van der Waals surface area (Å²) in [4.78, 5) is 24.3. The minimum atomic E-state index is -3.76. The highest BCUT2D eigenvalue weighted by Gasteiger charge is 2.30. The smallest absolute Gasteiger partial charge is 0.317 e. The highest BCUT2D eigenvalue weighted by molar-refractivity contribution is 7.89. The summed E-state index contributed by atoms with van der Waals surface area (Å²) in [5.41, 5.74) is 1.05. The van der Waals surface area contributed by atoms with Crippen molar-refractivity contribution in [3.05, 3.63) is 70.3 Å². The summed E-state index contributed by atoms with van der Waals surface area (Å²) in [6.45, 7) is 2.86. The van der Waals surface area contributed by atoms with Crippen molar-refractivity contribution < 1.29 is 18.1 Å². The number of aryl methyl sites for hydroxylation is 1. The van der Waals surface area contributed by atoms with Crippen LogP contribution in [0.3, 0.4) is 0 Å². The number of nitrogens with zero attached hydrogens (tertiary/aromatic N) is 3. The fraction of sp³-hybridized carbons (Fsp3) is 0.381. The molecule has 9 nitrogen and oxygen atoms in total. The number of nitro groups is 1. The molecule has 1 atom stereocenters. The van der Waals surface area contributed by atoms with Crippen LogP contribution in [0, 0.1) is 10.1 Å². The van der Waals surface area contributed by atoms with Crippen LogP contribution in [0.5, 0.6) is 0 Å². The molecule has 0 saturated carbocycles. The van der Waals surface area contributed by atoms with Gasteiger partial charge in [-0.2, -0.15) is 4.31 Å². The van der Waals surface area contributed by atoms with E-state index in [1.807, 2.05) is 25.1 Å². The Morgan fingerprint density at radius 1 is 1.06 bits per heavy atom. The van der Waals surface area contributed by atoms with Gasteiger partial charge in [0.1, 0.15) is 0 Å². The van der Waals surface area contributed by atoms with Gasteiger partial charge in [0.2, 0.25) is 10.0 Å². The second-order valence-electron chi connectivity index (χ2n) is 7.52.